The number of carbonyl (C=O) groups is 2. The Morgan fingerprint density at radius 2 is 1.71 bits per heavy atom. The number of hydrogen-bond acceptors (Lipinski definition) is 5. The highest BCUT2D eigenvalue weighted by Gasteiger charge is 2.26. The summed E-state index contributed by atoms with van der Waals surface area (Å²) in [5.41, 5.74) is 0.668. The van der Waals surface area contributed by atoms with Crippen molar-refractivity contribution in [2.45, 2.75) is 64.0 Å². The van der Waals surface area contributed by atoms with Crippen molar-refractivity contribution in [1.82, 2.24) is 25.1 Å². The summed E-state index contributed by atoms with van der Waals surface area (Å²) in [6.07, 6.45) is 7.48. The van der Waals surface area contributed by atoms with Crippen LogP contribution in [0.2, 0.25) is 0 Å². The molecule has 1 aromatic heterocycles. The maximum Gasteiger partial charge on any atom is 0.317 e. The maximum absolute atomic E-state index is 12.3. The Balaban J connectivity index is 1.42. The summed E-state index contributed by atoms with van der Waals surface area (Å²) in [5, 5.41) is 10.1. The topological polar surface area (TPSA) is 87.2 Å². The molecule has 2 fully saturated rings. The van der Waals surface area contributed by atoms with E-state index in [1.54, 1.807) is 6.92 Å². The predicted octanol–water partition coefficient (Wildman–Crippen LogP) is 2.08. The Kier molecular flexibility index (Phi) is 5.65. The Morgan fingerprint density at radius 1 is 1.04 bits per heavy atom. The lowest BCUT2D eigenvalue weighted by molar-refractivity contribution is 0.0920. The van der Waals surface area contributed by atoms with E-state index >= 15 is 0 Å². The Hall–Kier alpha value is -1.70. The maximum atomic E-state index is 12.3. The molecule has 1 aromatic rings. The van der Waals surface area contributed by atoms with E-state index in [0.717, 1.165) is 37.2 Å². The van der Waals surface area contributed by atoms with Gasteiger partial charge in [0.1, 0.15) is 4.88 Å². The Morgan fingerprint density at radius 3 is 2.33 bits per heavy atom. The SMILES string of the molecule is Cc1nnsc1C(=O)NC1CCN(C(=O)NC2CCCCC2)CC1. The van der Waals surface area contributed by atoms with Gasteiger partial charge in [-0.2, -0.15) is 0 Å². The Labute approximate surface area is 146 Å². The molecular weight excluding hydrogens is 326 g/mol. The van der Waals surface area contributed by atoms with Crippen LogP contribution in [0.3, 0.4) is 0 Å². The van der Waals surface area contributed by atoms with Crippen LogP contribution in [-0.4, -0.2) is 51.6 Å². The van der Waals surface area contributed by atoms with Gasteiger partial charge in [0, 0.05) is 25.2 Å². The van der Waals surface area contributed by atoms with Gasteiger partial charge < -0.3 is 15.5 Å². The third kappa shape index (κ3) is 4.23. The lowest BCUT2D eigenvalue weighted by Crippen LogP contribution is -2.51. The molecule has 0 radical (unpaired) electrons. The van der Waals surface area contributed by atoms with E-state index in [1.807, 2.05) is 4.90 Å². The number of rotatable bonds is 3. The van der Waals surface area contributed by atoms with Crippen LogP contribution in [0.4, 0.5) is 4.79 Å². The monoisotopic (exact) mass is 351 g/mol. The van der Waals surface area contributed by atoms with E-state index < -0.39 is 0 Å². The van der Waals surface area contributed by atoms with Gasteiger partial charge in [-0.3, -0.25) is 4.79 Å². The number of carbonyl (C=O) groups excluding carboxylic acids is 2. The summed E-state index contributed by atoms with van der Waals surface area (Å²) < 4.78 is 3.80. The molecule has 2 aliphatic rings. The van der Waals surface area contributed by atoms with Gasteiger partial charge in [-0.15, -0.1) is 5.10 Å². The number of likely N-dealkylation sites (tertiary alicyclic amines) is 1. The third-order valence-electron chi connectivity index (χ3n) is 4.91. The molecule has 2 heterocycles. The molecule has 0 bridgehead atoms. The Bertz CT molecular complexity index is 577. The molecule has 1 saturated heterocycles. The summed E-state index contributed by atoms with van der Waals surface area (Å²) in [6.45, 7) is 3.16. The lowest BCUT2D eigenvalue weighted by Gasteiger charge is -2.34. The summed E-state index contributed by atoms with van der Waals surface area (Å²) in [5.74, 6) is -0.104. The molecule has 0 atom stereocenters. The zero-order valence-electron chi connectivity index (χ0n) is 14.1. The zero-order valence-corrected chi connectivity index (χ0v) is 14.9. The van der Waals surface area contributed by atoms with E-state index in [1.165, 1.54) is 19.3 Å². The second kappa shape index (κ2) is 7.92. The normalized spacial score (nSPS) is 20.0. The van der Waals surface area contributed by atoms with Gasteiger partial charge in [0.25, 0.3) is 5.91 Å². The summed E-state index contributed by atoms with van der Waals surface area (Å²) in [6, 6.07) is 0.498. The van der Waals surface area contributed by atoms with Crippen molar-refractivity contribution in [2.24, 2.45) is 0 Å². The van der Waals surface area contributed by atoms with Crippen molar-refractivity contribution in [3.8, 4) is 0 Å². The number of aryl methyl sites for hydroxylation is 1. The van der Waals surface area contributed by atoms with Crippen LogP contribution < -0.4 is 10.6 Å². The molecular formula is C16H25N5O2S. The van der Waals surface area contributed by atoms with Crippen molar-refractivity contribution in [1.29, 1.82) is 0 Å². The predicted molar refractivity (Wildman–Crippen MR) is 92.1 cm³/mol. The van der Waals surface area contributed by atoms with Gasteiger partial charge in [-0.05, 0) is 44.1 Å². The average Bonchev–Trinajstić information content (AvgIpc) is 3.02. The van der Waals surface area contributed by atoms with Crippen LogP contribution in [-0.2, 0) is 0 Å². The van der Waals surface area contributed by atoms with Gasteiger partial charge in [0.2, 0.25) is 0 Å². The molecule has 3 rings (SSSR count). The largest absolute Gasteiger partial charge is 0.348 e. The van der Waals surface area contributed by atoms with Crippen molar-refractivity contribution >= 4 is 23.5 Å². The number of nitrogens with one attached hydrogen (secondary N) is 2. The van der Waals surface area contributed by atoms with Gasteiger partial charge >= 0.3 is 6.03 Å². The molecule has 24 heavy (non-hydrogen) atoms. The fraction of sp³-hybridized carbons (Fsp3) is 0.750. The lowest BCUT2D eigenvalue weighted by atomic mass is 9.95. The molecule has 1 aliphatic carbocycles. The summed E-state index contributed by atoms with van der Waals surface area (Å²) >= 11 is 1.12. The highest BCUT2D eigenvalue weighted by atomic mass is 32.1. The number of piperidine rings is 1. The van der Waals surface area contributed by atoms with Crippen LogP contribution in [0.15, 0.2) is 0 Å². The highest BCUT2D eigenvalue weighted by Crippen LogP contribution is 2.18. The van der Waals surface area contributed by atoms with Gasteiger partial charge in [-0.25, -0.2) is 4.79 Å². The molecule has 0 aromatic carbocycles. The number of nitrogens with zero attached hydrogens (tertiary/aromatic N) is 3. The fourth-order valence-corrected chi connectivity index (χ4v) is 3.99. The molecule has 1 aliphatic heterocycles. The first-order valence-electron chi connectivity index (χ1n) is 8.78. The third-order valence-corrected chi connectivity index (χ3v) is 5.73. The van der Waals surface area contributed by atoms with Crippen LogP contribution >= 0.6 is 11.5 Å². The van der Waals surface area contributed by atoms with Gasteiger partial charge in [0.05, 0.1) is 5.69 Å². The second-order valence-corrected chi connectivity index (χ2v) is 7.46. The number of amides is 3. The average molecular weight is 351 g/mol. The minimum absolute atomic E-state index is 0.0502. The van der Waals surface area contributed by atoms with E-state index in [0.29, 0.717) is 29.7 Å². The van der Waals surface area contributed by atoms with E-state index in [2.05, 4.69) is 20.2 Å². The molecule has 0 unspecified atom stereocenters. The minimum atomic E-state index is -0.104. The quantitative estimate of drug-likeness (QED) is 0.873. The first-order valence-corrected chi connectivity index (χ1v) is 9.56. The van der Waals surface area contributed by atoms with Crippen LogP contribution in [0.5, 0.6) is 0 Å². The molecule has 2 N–H and O–H groups in total. The van der Waals surface area contributed by atoms with Crippen molar-refractivity contribution in [3.05, 3.63) is 10.6 Å². The molecule has 132 valence electrons. The zero-order chi connectivity index (χ0) is 16.9. The first kappa shape index (κ1) is 17.1. The van der Waals surface area contributed by atoms with Crippen molar-refractivity contribution in [2.75, 3.05) is 13.1 Å². The van der Waals surface area contributed by atoms with Gasteiger partial charge in [0.15, 0.2) is 0 Å². The number of aromatic nitrogens is 2. The van der Waals surface area contributed by atoms with Crippen LogP contribution in [0, 0.1) is 6.92 Å². The first-order chi connectivity index (χ1) is 11.6. The highest BCUT2D eigenvalue weighted by molar-refractivity contribution is 7.08. The van der Waals surface area contributed by atoms with E-state index in [9.17, 15) is 9.59 Å². The molecule has 0 spiro atoms. The summed E-state index contributed by atoms with van der Waals surface area (Å²) in [7, 11) is 0. The minimum Gasteiger partial charge on any atom is -0.348 e. The molecule has 1 saturated carbocycles. The number of hydrogen-bond donors (Lipinski definition) is 2. The molecule has 8 heteroatoms. The molecule has 3 amide bonds. The van der Waals surface area contributed by atoms with Crippen molar-refractivity contribution < 1.29 is 9.59 Å². The number of urea groups is 1. The smallest absolute Gasteiger partial charge is 0.317 e. The second-order valence-electron chi connectivity index (χ2n) is 6.71. The van der Waals surface area contributed by atoms with E-state index in [4.69, 9.17) is 0 Å². The van der Waals surface area contributed by atoms with Crippen LogP contribution in [0.1, 0.15) is 60.3 Å². The summed E-state index contributed by atoms with van der Waals surface area (Å²) in [4.78, 5) is 27.0. The van der Waals surface area contributed by atoms with E-state index in [-0.39, 0.29) is 18.0 Å². The standard InChI is InChI=1S/C16H25N5O2S/c1-11-14(24-20-19-11)15(22)17-13-7-9-21(10-8-13)16(23)18-12-5-3-2-4-6-12/h12-13H,2-10H2,1H3,(H,17,22)(H,18,23). The van der Waals surface area contributed by atoms with Crippen molar-refractivity contribution in [3.63, 3.8) is 0 Å². The fourth-order valence-electron chi connectivity index (χ4n) is 3.43. The molecule has 7 nitrogen and oxygen atoms in total. The van der Waals surface area contributed by atoms with Crippen LogP contribution in [0.25, 0.3) is 0 Å². The van der Waals surface area contributed by atoms with Gasteiger partial charge in [-0.1, -0.05) is 23.8 Å².